The van der Waals surface area contributed by atoms with Gasteiger partial charge in [-0.25, -0.2) is 0 Å². The summed E-state index contributed by atoms with van der Waals surface area (Å²) >= 11 is 12.3. The predicted octanol–water partition coefficient (Wildman–Crippen LogP) is 3.30. The van der Waals surface area contributed by atoms with Gasteiger partial charge in [0.2, 0.25) is 0 Å². The molecule has 0 saturated carbocycles. The van der Waals surface area contributed by atoms with Crippen LogP contribution in [-0.4, -0.2) is 38.0 Å². The molecule has 0 radical (unpaired) electrons. The average molecular weight is 394 g/mol. The van der Waals surface area contributed by atoms with Gasteiger partial charge in [0.15, 0.2) is 5.75 Å². The number of rotatable bonds is 10. The fraction of sp³-hybridized carbons (Fsp3) is 0.571. The standard InChI is InChI=1S/C14H22Cl2N2O2.2ClH/c1-2-20-14-12(15)8-11(9-13(14)16)10-18-5-3-4-17-6-7-19;;/h8-9,17-19H,2-7,10H2,1H3;2*1H. The summed E-state index contributed by atoms with van der Waals surface area (Å²) < 4.78 is 5.39. The van der Waals surface area contributed by atoms with Gasteiger partial charge in [-0.3, -0.25) is 0 Å². The Kier molecular flexibility index (Phi) is 16.2. The zero-order valence-electron chi connectivity index (χ0n) is 12.5. The van der Waals surface area contributed by atoms with Crippen LogP contribution < -0.4 is 15.4 Å². The van der Waals surface area contributed by atoms with E-state index in [0.717, 1.165) is 25.1 Å². The quantitative estimate of drug-likeness (QED) is 0.534. The molecule has 0 amide bonds. The first-order chi connectivity index (χ1) is 9.69. The van der Waals surface area contributed by atoms with Crippen molar-refractivity contribution in [3.63, 3.8) is 0 Å². The van der Waals surface area contributed by atoms with E-state index >= 15 is 0 Å². The Labute approximate surface area is 154 Å². The molecule has 4 nitrogen and oxygen atoms in total. The first-order valence-corrected chi connectivity index (χ1v) is 7.57. The van der Waals surface area contributed by atoms with Gasteiger partial charge in [-0.2, -0.15) is 0 Å². The van der Waals surface area contributed by atoms with E-state index in [4.69, 9.17) is 33.0 Å². The smallest absolute Gasteiger partial charge is 0.156 e. The van der Waals surface area contributed by atoms with Crippen LogP contribution in [0.15, 0.2) is 12.1 Å². The second kappa shape index (κ2) is 14.6. The van der Waals surface area contributed by atoms with Gasteiger partial charge >= 0.3 is 0 Å². The van der Waals surface area contributed by atoms with Crippen molar-refractivity contribution in [3.8, 4) is 5.75 Å². The normalized spacial score (nSPS) is 9.82. The maximum Gasteiger partial charge on any atom is 0.156 e. The molecule has 0 atom stereocenters. The first kappa shape index (κ1) is 24.3. The summed E-state index contributed by atoms with van der Waals surface area (Å²) in [4.78, 5) is 0. The highest BCUT2D eigenvalue weighted by molar-refractivity contribution is 6.37. The van der Waals surface area contributed by atoms with E-state index in [-0.39, 0.29) is 31.4 Å². The molecule has 22 heavy (non-hydrogen) atoms. The molecule has 1 aromatic carbocycles. The Morgan fingerprint density at radius 3 is 2.18 bits per heavy atom. The minimum absolute atomic E-state index is 0. The lowest BCUT2D eigenvalue weighted by Crippen LogP contribution is -2.23. The third-order valence-electron chi connectivity index (χ3n) is 2.67. The molecule has 0 spiro atoms. The Balaban J connectivity index is 0. The molecule has 0 aliphatic heterocycles. The number of aliphatic hydroxyl groups is 1. The summed E-state index contributed by atoms with van der Waals surface area (Å²) in [5.74, 6) is 0.549. The van der Waals surface area contributed by atoms with Crippen LogP contribution in [0.1, 0.15) is 18.9 Å². The van der Waals surface area contributed by atoms with E-state index in [9.17, 15) is 0 Å². The Morgan fingerprint density at radius 2 is 1.64 bits per heavy atom. The number of nitrogens with one attached hydrogen (secondary N) is 2. The van der Waals surface area contributed by atoms with Crippen LogP contribution in [-0.2, 0) is 6.54 Å². The minimum atomic E-state index is 0. The van der Waals surface area contributed by atoms with Gasteiger partial charge in [-0.1, -0.05) is 23.2 Å². The Morgan fingerprint density at radius 1 is 1.05 bits per heavy atom. The molecular weight excluding hydrogens is 370 g/mol. The summed E-state index contributed by atoms with van der Waals surface area (Å²) in [6, 6.07) is 3.74. The molecule has 1 rings (SSSR count). The fourth-order valence-corrected chi connectivity index (χ4v) is 2.41. The second-order valence-corrected chi connectivity index (χ2v) is 5.14. The van der Waals surface area contributed by atoms with Gasteiger partial charge < -0.3 is 20.5 Å². The van der Waals surface area contributed by atoms with Crippen molar-refractivity contribution in [2.45, 2.75) is 19.9 Å². The van der Waals surface area contributed by atoms with Gasteiger partial charge in [0.1, 0.15) is 0 Å². The highest BCUT2D eigenvalue weighted by Gasteiger charge is 2.08. The van der Waals surface area contributed by atoms with Gasteiger partial charge in [0.05, 0.1) is 23.3 Å². The maximum atomic E-state index is 8.62. The largest absolute Gasteiger partial charge is 0.491 e. The van der Waals surface area contributed by atoms with Crippen molar-refractivity contribution in [2.24, 2.45) is 0 Å². The van der Waals surface area contributed by atoms with Crippen LogP contribution in [0.2, 0.25) is 10.0 Å². The van der Waals surface area contributed by atoms with Crippen LogP contribution in [0.5, 0.6) is 5.75 Å². The van der Waals surface area contributed by atoms with Crippen LogP contribution >= 0.6 is 48.0 Å². The first-order valence-electron chi connectivity index (χ1n) is 6.82. The summed E-state index contributed by atoms with van der Waals surface area (Å²) in [5, 5.41) is 16.2. The molecule has 0 unspecified atom stereocenters. The molecule has 130 valence electrons. The molecule has 0 saturated heterocycles. The van der Waals surface area contributed by atoms with Crippen molar-refractivity contribution in [1.29, 1.82) is 0 Å². The summed E-state index contributed by atoms with van der Waals surface area (Å²) in [7, 11) is 0. The predicted molar refractivity (Wildman–Crippen MR) is 98.4 cm³/mol. The van der Waals surface area contributed by atoms with Crippen molar-refractivity contribution in [2.75, 3.05) is 32.8 Å². The van der Waals surface area contributed by atoms with Crippen LogP contribution in [0.25, 0.3) is 0 Å². The topological polar surface area (TPSA) is 53.5 Å². The number of halogens is 4. The summed E-state index contributed by atoms with van der Waals surface area (Å²) in [6.45, 7) is 5.75. The van der Waals surface area contributed by atoms with E-state index in [1.54, 1.807) is 0 Å². The number of aliphatic hydroxyl groups excluding tert-OH is 1. The molecule has 3 N–H and O–H groups in total. The lowest BCUT2D eigenvalue weighted by atomic mass is 10.2. The minimum Gasteiger partial charge on any atom is -0.491 e. The highest BCUT2D eigenvalue weighted by Crippen LogP contribution is 2.34. The monoisotopic (exact) mass is 392 g/mol. The number of hydrogen-bond acceptors (Lipinski definition) is 4. The fourth-order valence-electron chi connectivity index (χ4n) is 1.77. The average Bonchev–Trinajstić information content (AvgIpc) is 2.42. The third-order valence-corrected chi connectivity index (χ3v) is 3.23. The van der Waals surface area contributed by atoms with Crippen molar-refractivity contribution < 1.29 is 9.84 Å². The third kappa shape index (κ3) is 9.26. The van der Waals surface area contributed by atoms with Crippen LogP contribution in [0.3, 0.4) is 0 Å². The van der Waals surface area contributed by atoms with Gasteiger partial charge in [0, 0.05) is 13.1 Å². The molecule has 0 aliphatic carbocycles. The van der Waals surface area contributed by atoms with Crippen LogP contribution in [0.4, 0.5) is 0 Å². The number of benzene rings is 1. The van der Waals surface area contributed by atoms with E-state index < -0.39 is 0 Å². The van der Waals surface area contributed by atoms with E-state index in [0.29, 0.717) is 35.5 Å². The second-order valence-electron chi connectivity index (χ2n) is 4.33. The van der Waals surface area contributed by atoms with E-state index in [2.05, 4.69) is 10.6 Å². The summed E-state index contributed by atoms with van der Waals surface area (Å²) in [5.41, 5.74) is 1.03. The highest BCUT2D eigenvalue weighted by atomic mass is 35.5. The van der Waals surface area contributed by atoms with Crippen molar-refractivity contribution in [1.82, 2.24) is 10.6 Å². The molecule has 0 bridgehead atoms. The maximum absolute atomic E-state index is 8.62. The number of ether oxygens (including phenoxy) is 1. The van der Waals surface area contributed by atoms with E-state index in [1.165, 1.54) is 0 Å². The van der Waals surface area contributed by atoms with Crippen LogP contribution in [0, 0.1) is 0 Å². The number of hydrogen-bond donors (Lipinski definition) is 3. The molecule has 8 heteroatoms. The molecule has 0 aliphatic rings. The molecule has 0 aromatic heterocycles. The lowest BCUT2D eigenvalue weighted by molar-refractivity contribution is 0.292. The molecule has 0 fully saturated rings. The van der Waals surface area contributed by atoms with Gasteiger partial charge in [-0.15, -0.1) is 24.8 Å². The zero-order chi connectivity index (χ0) is 14.8. The SMILES string of the molecule is CCOc1c(Cl)cc(CNCCCNCCO)cc1Cl.Cl.Cl. The molecular formula is C14H24Cl4N2O2. The van der Waals surface area contributed by atoms with Gasteiger partial charge in [0.25, 0.3) is 0 Å². The molecule has 0 heterocycles. The van der Waals surface area contributed by atoms with E-state index in [1.807, 2.05) is 19.1 Å². The zero-order valence-corrected chi connectivity index (χ0v) is 15.7. The Hall–Kier alpha value is 0.0600. The lowest BCUT2D eigenvalue weighted by Gasteiger charge is -2.11. The van der Waals surface area contributed by atoms with Gasteiger partial charge in [-0.05, 0) is 44.1 Å². The van der Waals surface area contributed by atoms with Crippen molar-refractivity contribution >= 4 is 48.0 Å². The summed E-state index contributed by atoms with van der Waals surface area (Å²) in [6.07, 6.45) is 0.999. The Bertz CT molecular complexity index is 385. The molecule has 1 aromatic rings. The van der Waals surface area contributed by atoms with Crippen molar-refractivity contribution in [3.05, 3.63) is 27.7 Å².